The van der Waals surface area contributed by atoms with Crippen molar-refractivity contribution in [3.8, 4) is 5.75 Å². The molecule has 90 valence electrons. The number of hydrogen-bond acceptors (Lipinski definition) is 3. The van der Waals surface area contributed by atoms with Crippen molar-refractivity contribution in [1.82, 2.24) is 0 Å². The van der Waals surface area contributed by atoms with Crippen molar-refractivity contribution in [2.75, 3.05) is 11.9 Å². The standard InChI is InChI=1S/C11H13BrO2S.CH4/c1-8(13)9-3-4-10(11(15)7-9)14-6-2-5-12;/h3-4,7,15H,2,5-6H2,1H3;1H4. The van der Waals surface area contributed by atoms with Crippen molar-refractivity contribution in [3.63, 3.8) is 0 Å². The number of carbonyl (C=O) groups is 1. The average molecular weight is 305 g/mol. The van der Waals surface area contributed by atoms with Crippen LogP contribution in [0.15, 0.2) is 23.1 Å². The first-order valence-corrected chi connectivity index (χ1v) is 6.24. The molecule has 0 radical (unpaired) electrons. The van der Waals surface area contributed by atoms with Gasteiger partial charge in [0.1, 0.15) is 5.75 Å². The summed E-state index contributed by atoms with van der Waals surface area (Å²) in [6.07, 6.45) is 0.946. The second-order valence-electron chi connectivity index (χ2n) is 3.13. The second kappa shape index (κ2) is 7.74. The van der Waals surface area contributed by atoms with Crippen LogP contribution in [-0.4, -0.2) is 17.7 Å². The smallest absolute Gasteiger partial charge is 0.159 e. The normalized spacial score (nSPS) is 9.44. The lowest BCUT2D eigenvalue weighted by Crippen LogP contribution is -1.99. The van der Waals surface area contributed by atoms with E-state index < -0.39 is 0 Å². The number of ketones is 1. The molecule has 1 aromatic rings. The van der Waals surface area contributed by atoms with Crippen LogP contribution in [0.2, 0.25) is 0 Å². The molecule has 0 saturated heterocycles. The summed E-state index contributed by atoms with van der Waals surface area (Å²) in [4.78, 5) is 11.8. The third kappa shape index (κ3) is 4.58. The van der Waals surface area contributed by atoms with Gasteiger partial charge in [0.15, 0.2) is 5.78 Å². The zero-order valence-corrected chi connectivity index (χ0v) is 11.0. The fourth-order valence-corrected chi connectivity index (χ4v) is 1.60. The number of hydrogen-bond donors (Lipinski definition) is 1. The zero-order valence-electron chi connectivity index (χ0n) is 8.50. The van der Waals surface area contributed by atoms with Crippen LogP contribution >= 0.6 is 28.6 Å². The largest absolute Gasteiger partial charge is 0.492 e. The summed E-state index contributed by atoms with van der Waals surface area (Å²) in [6, 6.07) is 5.27. The van der Waals surface area contributed by atoms with E-state index in [-0.39, 0.29) is 13.2 Å². The van der Waals surface area contributed by atoms with Gasteiger partial charge >= 0.3 is 0 Å². The first-order valence-electron chi connectivity index (χ1n) is 4.68. The highest BCUT2D eigenvalue weighted by Gasteiger charge is 2.04. The molecule has 0 aliphatic heterocycles. The molecule has 0 heterocycles. The minimum atomic E-state index is 0. The lowest BCUT2D eigenvalue weighted by Gasteiger charge is -2.08. The van der Waals surface area contributed by atoms with Crippen molar-refractivity contribution in [3.05, 3.63) is 23.8 Å². The highest BCUT2D eigenvalue weighted by atomic mass is 79.9. The van der Waals surface area contributed by atoms with Gasteiger partial charge in [-0.2, -0.15) is 0 Å². The van der Waals surface area contributed by atoms with Crippen LogP contribution in [0.5, 0.6) is 5.75 Å². The Balaban J connectivity index is 0.00000225. The van der Waals surface area contributed by atoms with Gasteiger partial charge in [-0.05, 0) is 31.5 Å². The molecule has 1 rings (SSSR count). The molecule has 0 spiro atoms. The van der Waals surface area contributed by atoms with E-state index in [1.165, 1.54) is 6.92 Å². The van der Waals surface area contributed by atoms with Gasteiger partial charge in [-0.3, -0.25) is 4.79 Å². The molecule has 0 atom stereocenters. The third-order valence-corrected chi connectivity index (χ3v) is 2.81. The lowest BCUT2D eigenvalue weighted by atomic mass is 10.1. The monoisotopic (exact) mass is 304 g/mol. The molecule has 0 aliphatic rings. The fraction of sp³-hybridized carbons (Fsp3) is 0.417. The first kappa shape index (κ1) is 15.5. The van der Waals surface area contributed by atoms with Gasteiger partial charge in [-0.15, -0.1) is 12.6 Å². The van der Waals surface area contributed by atoms with Gasteiger partial charge in [0.2, 0.25) is 0 Å². The SMILES string of the molecule is C.CC(=O)c1ccc(OCCCBr)c(S)c1. The van der Waals surface area contributed by atoms with Crippen molar-refractivity contribution < 1.29 is 9.53 Å². The van der Waals surface area contributed by atoms with E-state index in [0.717, 1.165) is 17.5 Å². The van der Waals surface area contributed by atoms with Crippen LogP contribution in [0.3, 0.4) is 0 Å². The molecular weight excluding hydrogens is 288 g/mol. The molecule has 0 amide bonds. The summed E-state index contributed by atoms with van der Waals surface area (Å²) in [5.41, 5.74) is 0.660. The lowest BCUT2D eigenvalue weighted by molar-refractivity contribution is 0.101. The summed E-state index contributed by atoms with van der Waals surface area (Å²) < 4.78 is 5.49. The number of alkyl halides is 1. The Morgan fingerprint density at radius 3 is 2.69 bits per heavy atom. The van der Waals surface area contributed by atoms with Crippen molar-refractivity contribution in [2.24, 2.45) is 0 Å². The Bertz CT molecular complexity index is 353. The second-order valence-corrected chi connectivity index (χ2v) is 4.40. The summed E-state index contributed by atoms with van der Waals surface area (Å²) in [5.74, 6) is 0.765. The molecule has 0 saturated carbocycles. The van der Waals surface area contributed by atoms with Gasteiger partial charge in [-0.1, -0.05) is 23.4 Å². The van der Waals surface area contributed by atoms with E-state index >= 15 is 0 Å². The van der Waals surface area contributed by atoms with Crippen LogP contribution in [0.1, 0.15) is 31.1 Å². The van der Waals surface area contributed by atoms with Crippen LogP contribution in [0, 0.1) is 0 Å². The van der Waals surface area contributed by atoms with Gasteiger partial charge < -0.3 is 4.74 Å². The topological polar surface area (TPSA) is 26.3 Å². The molecule has 1 aromatic carbocycles. The Hall–Kier alpha value is -0.480. The number of rotatable bonds is 5. The maximum atomic E-state index is 11.1. The van der Waals surface area contributed by atoms with E-state index in [0.29, 0.717) is 17.1 Å². The summed E-state index contributed by atoms with van der Waals surface area (Å²) in [6.45, 7) is 2.19. The summed E-state index contributed by atoms with van der Waals surface area (Å²) in [5, 5.41) is 0.917. The molecule has 4 heteroatoms. The number of Topliss-reactive ketones (excluding diaryl/α,β-unsaturated/α-hetero) is 1. The van der Waals surface area contributed by atoms with Crippen molar-refractivity contribution in [2.45, 2.75) is 25.7 Å². The highest BCUT2D eigenvalue weighted by molar-refractivity contribution is 9.09. The van der Waals surface area contributed by atoms with E-state index in [1.807, 2.05) is 0 Å². The molecule has 0 fully saturated rings. The number of benzene rings is 1. The molecular formula is C12H17BrO2S. The van der Waals surface area contributed by atoms with Crippen LogP contribution < -0.4 is 4.74 Å². The fourth-order valence-electron chi connectivity index (χ4n) is 1.10. The van der Waals surface area contributed by atoms with E-state index in [4.69, 9.17) is 4.74 Å². The quantitative estimate of drug-likeness (QED) is 0.385. The minimum absolute atomic E-state index is 0. The number of ether oxygens (including phenoxy) is 1. The third-order valence-electron chi connectivity index (χ3n) is 1.90. The van der Waals surface area contributed by atoms with Gasteiger partial charge in [0.25, 0.3) is 0 Å². The van der Waals surface area contributed by atoms with Crippen molar-refractivity contribution >= 4 is 34.3 Å². The molecule has 2 nitrogen and oxygen atoms in total. The predicted octanol–water partition coefficient (Wildman–Crippen LogP) is 3.98. The minimum Gasteiger partial charge on any atom is -0.492 e. The van der Waals surface area contributed by atoms with Gasteiger partial charge in [0, 0.05) is 15.8 Å². The van der Waals surface area contributed by atoms with Gasteiger partial charge in [0.05, 0.1) is 6.61 Å². The molecule has 0 aromatic heterocycles. The van der Waals surface area contributed by atoms with Crippen LogP contribution in [-0.2, 0) is 0 Å². The Kier molecular flexibility index (Phi) is 7.51. The predicted molar refractivity (Wildman–Crippen MR) is 74.3 cm³/mol. The Labute approximate surface area is 111 Å². The molecule has 0 bridgehead atoms. The van der Waals surface area contributed by atoms with Gasteiger partial charge in [-0.25, -0.2) is 0 Å². The number of halogens is 1. The molecule has 0 N–H and O–H groups in total. The first-order chi connectivity index (χ1) is 7.15. The Morgan fingerprint density at radius 2 is 2.19 bits per heavy atom. The molecule has 0 aliphatic carbocycles. The zero-order chi connectivity index (χ0) is 11.3. The van der Waals surface area contributed by atoms with E-state index in [2.05, 4.69) is 28.6 Å². The maximum absolute atomic E-state index is 11.1. The van der Waals surface area contributed by atoms with Crippen LogP contribution in [0.4, 0.5) is 0 Å². The Morgan fingerprint density at radius 1 is 1.50 bits per heavy atom. The van der Waals surface area contributed by atoms with Crippen molar-refractivity contribution in [1.29, 1.82) is 0 Å². The number of thiol groups is 1. The molecule has 16 heavy (non-hydrogen) atoms. The molecule has 0 unspecified atom stereocenters. The van der Waals surface area contributed by atoms with Crippen LogP contribution in [0.25, 0.3) is 0 Å². The van der Waals surface area contributed by atoms with E-state index in [9.17, 15) is 4.79 Å². The average Bonchev–Trinajstić information content (AvgIpc) is 2.20. The van der Waals surface area contributed by atoms with E-state index in [1.54, 1.807) is 18.2 Å². The maximum Gasteiger partial charge on any atom is 0.159 e. The number of carbonyl (C=O) groups excluding carboxylic acids is 1. The highest BCUT2D eigenvalue weighted by Crippen LogP contribution is 2.24. The summed E-state index contributed by atoms with van der Waals surface area (Å²) >= 11 is 7.60. The summed E-state index contributed by atoms with van der Waals surface area (Å²) in [7, 11) is 0.